The molecule has 0 aromatic heterocycles. The fourth-order valence-corrected chi connectivity index (χ4v) is 3.12. The third-order valence-corrected chi connectivity index (χ3v) is 5.07. The first-order chi connectivity index (χ1) is 9.66. The Morgan fingerprint density at radius 2 is 1.86 bits per heavy atom. The Bertz CT molecular complexity index is 619. The molecule has 1 aromatic carbocycles. The van der Waals surface area contributed by atoms with Gasteiger partial charge in [-0.25, -0.2) is 12.7 Å². The van der Waals surface area contributed by atoms with Crippen LogP contribution >= 0.6 is 11.6 Å². The maximum atomic E-state index is 12.3. The number of rotatable bonds is 7. The molecule has 0 spiro atoms. The molecular formula is C12H18ClN3O4S. The second-order valence-corrected chi connectivity index (χ2v) is 7.31. The predicted octanol–water partition coefficient (Wildman–Crippen LogP) is 1.82. The van der Waals surface area contributed by atoms with Crippen LogP contribution in [0.15, 0.2) is 23.1 Å². The first-order valence-electron chi connectivity index (χ1n) is 6.21. The zero-order valence-corrected chi connectivity index (χ0v) is 13.7. The molecule has 0 amide bonds. The summed E-state index contributed by atoms with van der Waals surface area (Å²) in [5.41, 5.74) is -0.417. The van der Waals surface area contributed by atoms with Crippen molar-refractivity contribution < 1.29 is 13.3 Å². The molecule has 0 N–H and O–H groups in total. The molecule has 0 saturated heterocycles. The molecule has 0 aliphatic rings. The second-order valence-electron chi connectivity index (χ2n) is 4.85. The van der Waals surface area contributed by atoms with Crippen molar-refractivity contribution in [3.8, 4) is 0 Å². The highest BCUT2D eigenvalue weighted by Crippen LogP contribution is 2.28. The Hall–Kier alpha value is -1.22. The zero-order chi connectivity index (χ0) is 16.2. The minimum absolute atomic E-state index is 0.0887. The number of sulfonamides is 1. The van der Waals surface area contributed by atoms with Crippen molar-refractivity contribution in [2.24, 2.45) is 0 Å². The topological polar surface area (TPSA) is 83.8 Å². The lowest BCUT2D eigenvalue weighted by molar-refractivity contribution is -0.384. The summed E-state index contributed by atoms with van der Waals surface area (Å²) in [6.45, 7) is 1.08. The van der Waals surface area contributed by atoms with Gasteiger partial charge in [-0.2, -0.15) is 0 Å². The lowest BCUT2D eigenvalue weighted by Crippen LogP contribution is -2.30. The van der Waals surface area contributed by atoms with E-state index in [-0.39, 0.29) is 9.92 Å². The number of hydrogen-bond donors (Lipinski definition) is 0. The van der Waals surface area contributed by atoms with Crippen molar-refractivity contribution in [1.82, 2.24) is 9.21 Å². The maximum Gasteiger partial charge on any atom is 0.289 e. The Balaban J connectivity index is 2.97. The van der Waals surface area contributed by atoms with Gasteiger partial charge in [-0.1, -0.05) is 11.6 Å². The van der Waals surface area contributed by atoms with Crippen LogP contribution in [-0.2, 0) is 10.0 Å². The van der Waals surface area contributed by atoms with Gasteiger partial charge in [0.25, 0.3) is 5.69 Å². The van der Waals surface area contributed by atoms with Crippen LogP contribution in [0.1, 0.15) is 6.42 Å². The molecule has 0 atom stereocenters. The zero-order valence-electron chi connectivity index (χ0n) is 12.1. The summed E-state index contributed by atoms with van der Waals surface area (Å²) in [7, 11) is 1.49. The van der Waals surface area contributed by atoms with Gasteiger partial charge in [-0.05, 0) is 39.2 Å². The third-order valence-electron chi connectivity index (χ3n) is 2.90. The molecule has 118 valence electrons. The van der Waals surface area contributed by atoms with E-state index >= 15 is 0 Å². The highest BCUT2D eigenvalue weighted by molar-refractivity contribution is 7.89. The van der Waals surface area contributed by atoms with Gasteiger partial charge in [0.15, 0.2) is 0 Å². The van der Waals surface area contributed by atoms with E-state index in [1.54, 1.807) is 0 Å². The molecule has 0 unspecified atom stereocenters. The molecule has 0 bridgehead atoms. The first kappa shape index (κ1) is 17.8. The monoisotopic (exact) mass is 335 g/mol. The molecule has 21 heavy (non-hydrogen) atoms. The predicted molar refractivity (Wildman–Crippen MR) is 81.1 cm³/mol. The van der Waals surface area contributed by atoms with Crippen molar-refractivity contribution in [2.75, 3.05) is 34.2 Å². The van der Waals surface area contributed by atoms with E-state index in [9.17, 15) is 18.5 Å². The summed E-state index contributed by atoms with van der Waals surface area (Å²) < 4.78 is 25.9. The van der Waals surface area contributed by atoms with Gasteiger partial charge in [-0.3, -0.25) is 10.1 Å². The van der Waals surface area contributed by atoms with E-state index in [2.05, 4.69) is 0 Å². The summed E-state index contributed by atoms with van der Waals surface area (Å²) in [6, 6.07) is 3.48. The normalized spacial score (nSPS) is 12.1. The Kier molecular flexibility index (Phi) is 6.09. The van der Waals surface area contributed by atoms with Crippen LogP contribution in [0.2, 0.25) is 5.02 Å². The summed E-state index contributed by atoms with van der Waals surface area (Å²) in [5, 5.41) is 10.7. The van der Waals surface area contributed by atoms with Gasteiger partial charge < -0.3 is 4.90 Å². The van der Waals surface area contributed by atoms with Gasteiger partial charge in [0.1, 0.15) is 5.02 Å². The Morgan fingerprint density at radius 1 is 1.24 bits per heavy atom. The average molecular weight is 336 g/mol. The molecule has 0 aliphatic heterocycles. The lowest BCUT2D eigenvalue weighted by atomic mass is 10.3. The van der Waals surface area contributed by atoms with Gasteiger partial charge in [0, 0.05) is 19.7 Å². The SMILES string of the molecule is CN(C)CCCN(C)S(=O)(=O)c1ccc(Cl)c([N+](=O)[O-])c1. The first-order valence-corrected chi connectivity index (χ1v) is 8.03. The van der Waals surface area contributed by atoms with Crippen molar-refractivity contribution in [1.29, 1.82) is 0 Å². The van der Waals surface area contributed by atoms with Gasteiger partial charge in [-0.15, -0.1) is 0 Å². The molecule has 7 nitrogen and oxygen atoms in total. The van der Waals surface area contributed by atoms with Crippen LogP contribution in [0.5, 0.6) is 0 Å². The van der Waals surface area contributed by atoms with Crippen molar-refractivity contribution in [3.63, 3.8) is 0 Å². The van der Waals surface area contributed by atoms with E-state index in [1.165, 1.54) is 23.5 Å². The van der Waals surface area contributed by atoms with Gasteiger partial charge in [0.2, 0.25) is 10.0 Å². The summed E-state index contributed by atoms with van der Waals surface area (Å²) in [5.74, 6) is 0. The number of halogens is 1. The molecule has 9 heteroatoms. The second kappa shape index (κ2) is 7.17. The van der Waals surface area contributed by atoms with Crippen molar-refractivity contribution in [3.05, 3.63) is 33.3 Å². The lowest BCUT2D eigenvalue weighted by Gasteiger charge is -2.18. The van der Waals surface area contributed by atoms with Gasteiger partial charge in [0.05, 0.1) is 9.82 Å². The number of nitrogens with zero attached hydrogens (tertiary/aromatic N) is 3. The number of nitro groups is 1. The molecule has 1 rings (SSSR count). The largest absolute Gasteiger partial charge is 0.309 e. The van der Waals surface area contributed by atoms with Crippen molar-refractivity contribution >= 4 is 27.3 Å². The smallest absolute Gasteiger partial charge is 0.289 e. The standard InChI is InChI=1S/C12H18ClN3O4S/c1-14(2)7-4-8-15(3)21(19,20)10-5-6-11(13)12(9-10)16(17)18/h5-6,9H,4,7-8H2,1-3H3. The number of benzene rings is 1. The summed E-state index contributed by atoms with van der Waals surface area (Å²) in [4.78, 5) is 11.9. The molecule has 0 aliphatic carbocycles. The fourth-order valence-electron chi connectivity index (χ4n) is 1.70. The highest BCUT2D eigenvalue weighted by atomic mass is 35.5. The van der Waals surface area contributed by atoms with Crippen LogP contribution in [0.3, 0.4) is 0 Å². The minimum atomic E-state index is -3.76. The van der Waals surface area contributed by atoms with E-state index in [1.807, 2.05) is 19.0 Å². The third kappa shape index (κ3) is 4.63. The van der Waals surface area contributed by atoms with Crippen LogP contribution in [0.25, 0.3) is 0 Å². The van der Waals surface area contributed by atoms with E-state index in [4.69, 9.17) is 11.6 Å². The number of hydrogen-bond acceptors (Lipinski definition) is 5. The van der Waals surface area contributed by atoms with E-state index in [0.717, 1.165) is 12.6 Å². The molecule has 0 radical (unpaired) electrons. The number of nitro benzene ring substituents is 1. The van der Waals surface area contributed by atoms with Crippen molar-refractivity contribution in [2.45, 2.75) is 11.3 Å². The minimum Gasteiger partial charge on any atom is -0.309 e. The van der Waals surface area contributed by atoms with Gasteiger partial charge >= 0.3 is 0 Å². The molecule has 0 heterocycles. The molecule has 0 fully saturated rings. The molecule has 1 aromatic rings. The Morgan fingerprint density at radius 3 is 2.38 bits per heavy atom. The van der Waals surface area contributed by atoms with Crippen LogP contribution < -0.4 is 0 Å². The highest BCUT2D eigenvalue weighted by Gasteiger charge is 2.24. The maximum absolute atomic E-state index is 12.3. The quantitative estimate of drug-likeness (QED) is 0.560. The summed E-state index contributed by atoms with van der Waals surface area (Å²) >= 11 is 5.68. The van der Waals surface area contributed by atoms with E-state index < -0.39 is 20.6 Å². The fraction of sp³-hybridized carbons (Fsp3) is 0.500. The van der Waals surface area contributed by atoms with Crippen LogP contribution in [-0.4, -0.2) is 56.8 Å². The molecule has 0 saturated carbocycles. The average Bonchev–Trinajstić information content (AvgIpc) is 2.37. The molecular weight excluding hydrogens is 318 g/mol. The van der Waals surface area contributed by atoms with E-state index in [0.29, 0.717) is 13.0 Å². The van der Waals surface area contributed by atoms with Crippen LogP contribution in [0, 0.1) is 10.1 Å². The van der Waals surface area contributed by atoms with Crippen LogP contribution in [0.4, 0.5) is 5.69 Å². The Labute approximate surface area is 129 Å². The summed E-state index contributed by atoms with van der Waals surface area (Å²) in [6.07, 6.45) is 0.665.